The fourth-order valence-corrected chi connectivity index (χ4v) is 3.50. The average Bonchev–Trinajstić information content (AvgIpc) is 2.77. The number of carbonyl (C=O) groups excluding carboxylic acids is 2. The van der Waals surface area contributed by atoms with E-state index in [0.717, 1.165) is 32.6 Å². The maximum atomic E-state index is 12.5. The average molecular weight is 395 g/mol. The summed E-state index contributed by atoms with van der Waals surface area (Å²) in [7, 11) is 1.65. The van der Waals surface area contributed by atoms with Crippen LogP contribution in [0.5, 0.6) is 5.88 Å². The molecular weight excluding hydrogens is 370 g/mol. The second kappa shape index (κ2) is 8.48. The number of pyridine rings is 1. The highest BCUT2D eigenvalue weighted by atomic mass is 16.5. The zero-order valence-electron chi connectivity index (χ0n) is 16.5. The van der Waals surface area contributed by atoms with E-state index in [-0.39, 0.29) is 18.4 Å². The molecule has 152 valence electrons. The van der Waals surface area contributed by atoms with Crippen LogP contribution in [0, 0.1) is 0 Å². The number of benzene rings is 1. The van der Waals surface area contributed by atoms with E-state index in [4.69, 9.17) is 4.74 Å². The minimum atomic E-state index is -0.218. The third-order valence-corrected chi connectivity index (χ3v) is 5.28. The number of anilines is 2. The van der Waals surface area contributed by atoms with Crippen LogP contribution in [0.3, 0.4) is 0 Å². The summed E-state index contributed by atoms with van der Waals surface area (Å²) in [6, 6.07) is 10.1. The van der Waals surface area contributed by atoms with E-state index in [9.17, 15) is 9.59 Å². The molecule has 3 heterocycles. The Balaban J connectivity index is 1.31. The molecule has 0 atom stereocenters. The van der Waals surface area contributed by atoms with Gasteiger partial charge in [-0.15, -0.1) is 0 Å². The lowest BCUT2D eigenvalue weighted by Gasteiger charge is -2.29. The van der Waals surface area contributed by atoms with Crippen molar-refractivity contribution < 1.29 is 14.3 Å². The number of hydrogen-bond donors (Lipinski definition) is 2. The topological polar surface area (TPSA) is 86.8 Å². The highest BCUT2D eigenvalue weighted by Crippen LogP contribution is 2.29. The van der Waals surface area contributed by atoms with Crippen molar-refractivity contribution in [3.63, 3.8) is 0 Å². The van der Waals surface area contributed by atoms with E-state index >= 15 is 0 Å². The number of piperazine rings is 1. The number of aromatic nitrogens is 1. The summed E-state index contributed by atoms with van der Waals surface area (Å²) in [6.45, 7) is 4.57. The Morgan fingerprint density at radius 3 is 2.76 bits per heavy atom. The Bertz CT molecular complexity index is 894. The van der Waals surface area contributed by atoms with Gasteiger partial charge in [0.25, 0.3) is 11.8 Å². The van der Waals surface area contributed by atoms with E-state index in [2.05, 4.69) is 44.8 Å². The maximum absolute atomic E-state index is 12.5. The molecular formula is C21H25N5O3. The van der Waals surface area contributed by atoms with Crippen LogP contribution in [-0.2, 0) is 11.2 Å². The van der Waals surface area contributed by atoms with Gasteiger partial charge in [0.05, 0.1) is 5.56 Å². The lowest BCUT2D eigenvalue weighted by molar-refractivity contribution is -0.121. The Morgan fingerprint density at radius 2 is 2.00 bits per heavy atom. The monoisotopic (exact) mass is 395 g/mol. The zero-order chi connectivity index (χ0) is 20.2. The number of likely N-dealkylation sites (N-methyl/N-ethyl adjacent to an activating group) is 1. The van der Waals surface area contributed by atoms with Gasteiger partial charge in [-0.3, -0.25) is 9.59 Å². The number of rotatable bonds is 5. The van der Waals surface area contributed by atoms with Crippen molar-refractivity contribution in [3.05, 3.63) is 47.7 Å². The zero-order valence-corrected chi connectivity index (χ0v) is 16.5. The number of ether oxygens (including phenoxy) is 1. The van der Waals surface area contributed by atoms with Gasteiger partial charge in [0.2, 0.25) is 5.88 Å². The van der Waals surface area contributed by atoms with Gasteiger partial charge >= 0.3 is 0 Å². The summed E-state index contributed by atoms with van der Waals surface area (Å²) >= 11 is 0. The highest BCUT2D eigenvalue weighted by Gasteiger charge is 2.24. The molecule has 1 aromatic carbocycles. The molecule has 8 nitrogen and oxygen atoms in total. The first-order chi connectivity index (χ1) is 14.1. The first-order valence-corrected chi connectivity index (χ1v) is 9.84. The molecule has 0 saturated carbocycles. The number of fused-ring (bicyclic) bond motifs is 1. The lowest BCUT2D eigenvalue weighted by atomic mass is 10.1. The molecule has 2 aromatic rings. The summed E-state index contributed by atoms with van der Waals surface area (Å²) < 4.78 is 5.29. The third-order valence-electron chi connectivity index (χ3n) is 5.28. The van der Waals surface area contributed by atoms with E-state index in [1.165, 1.54) is 22.3 Å². The molecule has 2 aliphatic heterocycles. The third kappa shape index (κ3) is 4.32. The van der Waals surface area contributed by atoms with Crippen LogP contribution in [0.15, 0.2) is 36.5 Å². The Labute approximate surface area is 169 Å². The minimum Gasteiger partial charge on any atom is -0.466 e. The predicted molar refractivity (Wildman–Crippen MR) is 111 cm³/mol. The molecule has 29 heavy (non-hydrogen) atoms. The van der Waals surface area contributed by atoms with Crippen LogP contribution in [0.2, 0.25) is 0 Å². The molecule has 0 unspecified atom stereocenters. The van der Waals surface area contributed by atoms with Crippen molar-refractivity contribution >= 4 is 23.2 Å². The van der Waals surface area contributed by atoms with E-state index < -0.39 is 0 Å². The molecule has 2 amide bonds. The summed E-state index contributed by atoms with van der Waals surface area (Å²) in [5.41, 5.74) is 3.33. The molecule has 1 fully saturated rings. The number of nitrogens with one attached hydrogen (secondary N) is 2. The summed E-state index contributed by atoms with van der Waals surface area (Å²) in [5, 5.41) is 6.27. The SMILES string of the molecule is CN1C(=O)COc2ncc(C(=O)NCCc3ccc(N4CCNCC4)cc3)cc21. The fraction of sp³-hybridized carbons (Fsp3) is 0.381. The molecule has 2 N–H and O–H groups in total. The fourth-order valence-electron chi connectivity index (χ4n) is 3.50. The standard InChI is InChI=1S/C21H25N5O3/c1-25-18-12-16(13-24-21(18)29-14-19(25)27)20(28)23-7-6-15-2-4-17(5-3-15)26-10-8-22-9-11-26/h2-5,12-13,22H,6-11,14H2,1H3,(H,23,28). The molecule has 8 heteroatoms. The van der Waals surface area contributed by atoms with Gasteiger partial charge in [0.1, 0.15) is 5.69 Å². The van der Waals surface area contributed by atoms with Gasteiger partial charge in [-0.2, -0.15) is 0 Å². The van der Waals surface area contributed by atoms with E-state index in [1.807, 2.05) is 0 Å². The maximum Gasteiger partial charge on any atom is 0.264 e. The van der Waals surface area contributed by atoms with Crippen molar-refractivity contribution in [3.8, 4) is 5.88 Å². The second-order valence-corrected chi connectivity index (χ2v) is 7.20. The summed E-state index contributed by atoms with van der Waals surface area (Å²) in [6.07, 6.45) is 2.22. The summed E-state index contributed by atoms with van der Waals surface area (Å²) in [4.78, 5) is 32.2. The molecule has 0 radical (unpaired) electrons. The molecule has 0 aliphatic carbocycles. The van der Waals surface area contributed by atoms with Crippen LogP contribution in [0.4, 0.5) is 11.4 Å². The summed E-state index contributed by atoms with van der Waals surface area (Å²) in [5.74, 6) is -0.0153. The van der Waals surface area contributed by atoms with Crippen molar-refractivity contribution in [1.82, 2.24) is 15.6 Å². The van der Waals surface area contributed by atoms with E-state index in [0.29, 0.717) is 23.7 Å². The number of carbonyl (C=O) groups is 2. The molecule has 1 aromatic heterocycles. The van der Waals surface area contributed by atoms with Crippen LogP contribution in [0.25, 0.3) is 0 Å². The van der Waals surface area contributed by atoms with E-state index in [1.54, 1.807) is 13.1 Å². The molecule has 0 bridgehead atoms. The Morgan fingerprint density at radius 1 is 1.24 bits per heavy atom. The smallest absolute Gasteiger partial charge is 0.264 e. The van der Waals surface area contributed by atoms with Crippen molar-refractivity contribution in [2.24, 2.45) is 0 Å². The van der Waals surface area contributed by atoms with Gasteiger partial charge in [0, 0.05) is 51.7 Å². The first-order valence-electron chi connectivity index (χ1n) is 9.84. The van der Waals surface area contributed by atoms with Crippen molar-refractivity contribution in [2.75, 3.05) is 56.2 Å². The Kier molecular flexibility index (Phi) is 5.62. The van der Waals surface area contributed by atoms with Crippen molar-refractivity contribution in [2.45, 2.75) is 6.42 Å². The predicted octanol–water partition coefficient (Wildman–Crippen LogP) is 0.819. The van der Waals surface area contributed by atoms with Gasteiger partial charge < -0.3 is 25.2 Å². The van der Waals surface area contributed by atoms with Crippen LogP contribution in [-0.4, -0.2) is 63.2 Å². The van der Waals surface area contributed by atoms with Gasteiger partial charge in [-0.1, -0.05) is 12.1 Å². The van der Waals surface area contributed by atoms with Gasteiger partial charge in [0.15, 0.2) is 6.61 Å². The van der Waals surface area contributed by atoms with Gasteiger partial charge in [-0.25, -0.2) is 4.98 Å². The minimum absolute atomic E-state index is 0.0323. The van der Waals surface area contributed by atoms with Crippen LogP contribution in [0.1, 0.15) is 15.9 Å². The Hall–Kier alpha value is -3.13. The molecule has 4 rings (SSSR count). The van der Waals surface area contributed by atoms with Crippen molar-refractivity contribution in [1.29, 1.82) is 0 Å². The number of amides is 2. The quantitative estimate of drug-likeness (QED) is 0.780. The highest BCUT2D eigenvalue weighted by molar-refractivity contribution is 6.00. The van der Waals surface area contributed by atoms with Crippen LogP contribution < -0.4 is 25.2 Å². The lowest BCUT2D eigenvalue weighted by Crippen LogP contribution is -2.43. The normalized spacial score (nSPS) is 16.2. The number of nitrogens with zero attached hydrogens (tertiary/aromatic N) is 3. The largest absolute Gasteiger partial charge is 0.466 e. The first kappa shape index (κ1) is 19.2. The van der Waals surface area contributed by atoms with Gasteiger partial charge in [-0.05, 0) is 30.2 Å². The molecule has 2 aliphatic rings. The number of hydrogen-bond acceptors (Lipinski definition) is 6. The molecule has 0 spiro atoms. The van der Waals surface area contributed by atoms with Crippen LogP contribution >= 0.6 is 0 Å². The molecule has 1 saturated heterocycles. The second-order valence-electron chi connectivity index (χ2n) is 7.20.